The molecule has 64 valence electrons. The van der Waals surface area contributed by atoms with Crippen molar-refractivity contribution in [2.24, 2.45) is 5.92 Å². The second kappa shape index (κ2) is 5.92. The number of rotatable bonds is 5. The van der Waals surface area contributed by atoms with Crippen molar-refractivity contribution in [2.45, 2.75) is 13.3 Å². The fourth-order valence-electron chi connectivity index (χ4n) is 0.511. The molecule has 0 aromatic rings. The lowest BCUT2D eigenvalue weighted by Crippen LogP contribution is -2.08. The molecule has 0 saturated heterocycles. The number of hydrogen-bond acceptors (Lipinski definition) is 3. The van der Waals surface area contributed by atoms with Crippen molar-refractivity contribution in [1.82, 2.24) is 0 Å². The molecule has 3 nitrogen and oxygen atoms in total. The maximum atomic E-state index is 10.5. The Balaban J connectivity index is 3.26. The van der Waals surface area contributed by atoms with Gasteiger partial charge in [0.25, 0.3) is 0 Å². The van der Waals surface area contributed by atoms with Crippen LogP contribution < -0.4 is 0 Å². The highest BCUT2D eigenvalue weighted by atomic mass is 16.5. The van der Waals surface area contributed by atoms with Crippen LogP contribution in [0.25, 0.3) is 0 Å². The van der Waals surface area contributed by atoms with Gasteiger partial charge in [0.1, 0.15) is 0 Å². The first-order chi connectivity index (χ1) is 5.20. The molecule has 0 rings (SSSR count). The summed E-state index contributed by atoms with van der Waals surface area (Å²) in [6.07, 6.45) is 1.82. The highest BCUT2D eigenvalue weighted by molar-refractivity contribution is 5.81. The van der Waals surface area contributed by atoms with Crippen molar-refractivity contribution in [1.29, 1.82) is 0 Å². The molecular weight excluding hydrogens is 144 g/mol. The summed E-state index contributed by atoms with van der Waals surface area (Å²) in [6, 6.07) is 0. The first kappa shape index (κ1) is 10.2. The van der Waals surface area contributed by atoms with Crippen LogP contribution in [0, 0.1) is 5.92 Å². The Morgan fingerprint density at radius 3 is 2.91 bits per heavy atom. The van der Waals surface area contributed by atoms with E-state index in [1.165, 1.54) is 0 Å². The van der Waals surface area contributed by atoms with Crippen LogP contribution in [0.5, 0.6) is 0 Å². The number of carbonyl (C=O) groups is 1. The summed E-state index contributed by atoms with van der Waals surface area (Å²) in [7, 11) is 0. The molecule has 0 radical (unpaired) electrons. The SMILES string of the molecule is C=CC(=O)OCCC(C)CO. The normalized spacial score (nSPS) is 12.2. The summed E-state index contributed by atoms with van der Waals surface area (Å²) in [5, 5.41) is 8.60. The van der Waals surface area contributed by atoms with E-state index in [9.17, 15) is 4.79 Å². The van der Waals surface area contributed by atoms with E-state index in [0.29, 0.717) is 13.0 Å². The molecule has 0 aromatic carbocycles. The summed E-state index contributed by atoms with van der Waals surface area (Å²) >= 11 is 0. The number of aliphatic hydroxyl groups excluding tert-OH is 1. The van der Waals surface area contributed by atoms with E-state index in [-0.39, 0.29) is 12.5 Å². The van der Waals surface area contributed by atoms with E-state index in [1.807, 2.05) is 6.92 Å². The molecule has 11 heavy (non-hydrogen) atoms. The molecule has 0 fully saturated rings. The van der Waals surface area contributed by atoms with Crippen molar-refractivity contribution in [3.8, 4) is 0 Å². The van der Waals surface area contributed by atoms with Gasteiger partial charge in [0, 0.05) is 12.7 Å². The Morgan fingerprint density at radius 1 is 1.82 bits per heavy atom. The molecule has 0 amide bonds. The number of ether oxygens (including phenoxy) is 1. The molecule has 3 heteroatoms. The predicted molar refractivity (Wildman–Crippen MR) is 42.0 cm³/mol. The maximum absolute atomic E-state index is 10.5. The first-order valence-corrected chi connectivity index (χ1v) is 3.60. The molecule has 0 saturated carbocycles. The standard InChI is InChI=1S/C8H14O3/c1-3-8(10)11-5-4-7(2)6-9/h3,7,9H,1,4-6H2,2H3. The summed E-state index contributed by atoms with van der Waals surface area (Å²) < 4.78 is 4.70. The Labute approximate surface area is 66.7 Å². The van der Waals surface area contributed by atoms with E-state index >= 15 is 0 Å². The van der Waals surface area contributed by atoms with E-state index in [2.05, 4.69) is 6.58 Å². The van der Waals surface area contributed by atoms with Gasteiger partial charge in [0.2, 0.25) is 0 Å². The van der Waals surface area contributed by atoms with Gasteiger partial charge in [-0.1, -0.05) is 13.5 Å². The molecule has 0 aromatic heterocycles. The fraction of sp³-hybridized carbons (Fsp3) is 0.625. The zero-order valence-electron chi connectivity index (χ0n) is 6.75. The number of carbonyl (C=O) groups excluding carboxylic acids is 1. The Morgan fingerprint density at radius 2 is 2.45 bits per heavy atom. The summed E-state index contributed by atoms with van der Waals surface area (Å²) in [4.78, 5) is 10.5. The second-order valence-electron chi connectivity index (χ2n) is 2.45. The Bertz CT molecular complexity index is 131. The number of hydrogen-bond donors (Lipinski definition) is 1. The minimum absolute atomic E-state index is 0.131. The zero-order valence-corrected chi connectivity index (χ0v) is 6.75. The monoisotopic (exact) mass is 158 g/mol. The van der Waals surface area contributed by atoms with Crippen LogP contribution in [0.15, 0.2) is 12.7 Å². The van der Waals surface area contributed by atoms with Gasteiger partial charge in [0.15, 0.2) is 0 Å². The quantitative estimate of drug-likeness (QED) is 0.474. The van der Waals surface area contributed by atoms with Gasteiger partial charge in [-0.3, -0.25) is 0 Å². The minimum atomic E-state index is -0.407. The van der Waals surface area contributed by atoms with Gasteiger partial charge in [-0.15, -0.1) is 0 Å². The molecule has 1 atom stereocenters. The summed E-state index contributed by atoms with van der Waals surface area (Å²) in [6.45, 7) is 5.63. The van der Waals surface area contributed by atoms with E-state index in [0.717, 1.165) is 6.08 Å². The van der Waals surface area contributed by atoms with Crippen molar-refractivity contribution >= 4 is 5.97 Å². The van der Waals surface area contributed by atoms with Crippen LogP contribution in [-0.4, -0.2) is 24.3 Å². The largest absolute Gasteiger partial charge is 0.463 e. The van der Waals surface area contributed by atoms with Crippen molar-refractivity contribution in [3.63, 3.8) is 0 Å². The smallest absolute Gasteiger partial charge is 0.330 e. The van der Waals surface area contributed by atoms with Gasteiger partial charge in [-0.05, 0) is 12.3 Å². The Hall–Kier alpha value is -0.830. The molecule has 0 aliphatic rings. The van der Waals surface area contributed by atoms with E-state index < -0.39 is 5.97 Å². The van der Waals surface area contributed by atoms with Gasteiger partial charge >= 0.3 is 5.97 Å². The third-order valence-corrected chi connectivity index (χ3v) is 1.33. The van der Waals surface area contributed by atoms with Crippen molar-refractivity contribution in [3.05, 3.63) is 12.7 Å². The van der Waals surface area contributed by atoms with E-state index in [4.69, 9.17) is 9.84 Å². The fourth-order valence-corrected chi connectivity index (χ4v) is 0.511. The summed E-state index contributed by atoms with van der Waals surface area (Å²) in [5.74, 6) is -0.220. The summed E-state index contributed by atoms with van der Waals surface area (Å²) in [5.41, 5.74) is 0. The first-order valence-electron chi connectivity index (χ1n) is 3.60. The van der Waals surface area contributed by atoms with Gasteiger partial charge in [0.05, 0.1) is 6.61 Å². The van der Waals surface area contributed by atoms with Gasteiger partial charge in [-0.2, -0.15) is 0 Å². The molecule has 0 bridgehead atoms. The van der Waals surface area contributed by atoms with Crippen molar-refractivity contribution in [2.75, 3.05) is 13.2 Å². The topological polar surface area (TPSA) is 46.5 Å². The van der Waals surface area contributed by atoms with Crippen LogP contribution >= 0.6 is 0 Å². The maximum Gasteiger partial charge on any atom is 0.330 e. The van der Waals surface area contributed by atoms with Crippen LogP contribution in [0.2, 0.25) is 0 Å². The average molecular weight is 158 g/mol. The van der Waals surface area contributed by atoms with Crippen molar-refractivity contribution < 1.29 is 14.6 Å². The molecule has 0 heterocycles. The lowest BCUT2D eigenvalue weighted by molar-refractivity contribution is -0.138. The highest BCUT2D eigenvalue weighted by Gasteiger charge is 2.00. The predicted octanol–water partition coefficient (Wildman–Crippen LogP) is 0.734. The minimum Gasteiger partial charge on any atom is -0.463 e. The molecule has 0 aliphatic heterocycles. The number of aliphatic hydroxyl groups is 1. The third-order valence-electron chi connectivity index (χ3n) is 1.33. The van der Waals surface area contributed by atoms with Gasteiger partial charge < -0.3 is 9.84 Å². The lowest BCUT2D eigenvalue weighted by Gasteiger charge is -2.06. The third kappa shape index (κ3) is 5.61. The molecule has 0 aliphatic carbocycles. The highest BCUT2D eigenvalue weighted by Crippen LogP contribution is 1.99. The van der Waals surface area contributed by atoms with Crippen LogP contribution in [-0.2, 0) is 9.53 Å². The van der Waals surface area contributed by atoms with Crippen LogP contribution in [0.3, 0.4) is 0 Å². The molecule has 0 spiro atoms. The molecule has 1 N–H and O–H groups in total. The second-order valence-corrected chi connectivity index (χ2v) is 2.45. The van der Waals surface area contributed by atoms with E-state index in [1.54, 1.807) is 0 Å². The average Bonchev–Trinajstić information content (AvgIpc) is 2.04. The van der Waals surface area contributed by atoms with Gasteiger partial charge in [-0.25, -0.2) is 4.79 Å². The molecule has 1 unspecified atom stereocenters. The van der Waals surface area contributed by atoms with Crippen LogP contribution in [0.4, 0.5) is 0 Å². The van der Waals surface area contributed by atoms with Crippen LogP contribution in [0.1, 0.15) is 13.3 Å². The Kier molecular flexibility index (Phi) is 5.47. The molecular formula is C8H14O3. The number of esters is 1. The lowest BCUT2D eigenvalue weighted by atomic mass is 10.1. The zero-order chi connectivity index (χ0) is 8.69.